The summed E-state index contributed by atoms with van der Waals surface area (Å²) in [5, 5.41) is 12.0. The number of carbonyl (C=O) groups excluding carboxylic acids is 1. The van der Waals surface area contributed by atoms with Gasteiger partial charge in [-0.2, -0.15) is 0 Å². The van der Waals surface area contributed by atoms with Gasteiger partial charge in [-0.25, -0.2) is 18.6 Å². The second kappa shape index (κ2) is 6.82. The maximum Gasteiger partial charge on any atom is 0.347 e. The van der Waals surface area contributed by atoms with Crippen LogP contribution < -0.4 is 5.32 Å². The molecule has 0 bridgehead atoms. The van der Waals surface area contributed by atoms with E-state index in [4.69, 9.17) is 5.11 Å². The molecule has 5 nitrogen and oxygen atoms in total. The first-order chi connectivity index (χ1) is 10.8. The SMILES string of the molecule is Cc1nc(C(C)NC(=O)Cc2cc(F)ccc2F)sc1C(=O)O. The van der Waals surface area contributed by atoms with Crippen molar-refractivity contribution in [3.05, 3.63) is 51.0 Å². The lowest BCUT2D eigenvalue weighted by Crippen LogP contribution is -2.28. The molecule has 23 heavy (non-hydrogen) atoms. The van der Waals surface area contributed by atoms with Gasteiger partial charge in [0.2, 0.25) is 5.91 Å². The van der Waals surface area contributed by atoms with Crippen LogP contribution in [0.15, 0.2) is 18.2 Å². The van der Waals surface area contributed by atoms with Crippen LogP contribution in [0.4, 0.5) is 8.78 Å². The monoisotopic (exact) mass is 340 g/mol. The number of aromatic carboxylic acids is 1. The van der Waals surface area contributed by atoms with Gasteiger partial charge in [0.05, 0.1) is 18.2 Å². The predicted molar refractivity (Wildman–Crippen MR) is 80.4 cm³/mol. The minimum atomic E-state index is -1.08. The zero-order chi connectivity index (χ0) is 17.1. The van der Waals surface area contributed by atoms with Crippen LogP contribution in [0.2, 0.25) is 0 Å². The second-order valence-electron chi connectivity index (χ2n) is 4.97. The van der Waals surface area contributed by atoms with Crippen molar-refractivity contribution in [2.45, 2.75) is 26.3 Å². The summed E-state index contributed by atoms with van der Waals surface area (Å²) in [6.07, 6.45) is -0.315. The lowest BCUT2D eigenvalue weighted by molar-refractivity contribution is -0.121. The quantitative estimate of drug-likeness (QED) is 0.877. The van der Waals surface area contributed by atoms with Gasteiger partial charge in [0.1, 0.15) is 21.5 Å². The zero-order valence-corrected chi connectivity index (χ0v) is 13.2. The number of benzene rings is 1. The number of carboxylic acid groups (broad SMARTS) is 1. The Morgan fingerprint density at radius 1 is 1.39 bits per heavy atom. The van der Waals surface area contributed by atoms with E-state index >= 15 is 0 Å². The van der Waals surface area contributed by atoms with Gasteiger partial charge in [-0.05, 0) is 32.0 Å². The zero-order valence-electron chi connectivity index (χ0n) is 12.4. The van der Waals surface area contributed by atoms with Gasteiger partial charge in [-0.15, -0.1) is 11.3 Å². The third-order valence-electron chi connectivity index (χ3n) is 3.11. The van der Waals surface area contributed by atoms with Crippen molar-refractivity contribution in [2.24, 2.45) is 0 Å². The molecule has 1 heterocycles. The molecule has 0 aliphatic carbocycles. The normalized spacial score (nSPS) is 12.0. The first-order valence-electron chi connectivity index (χ1n) is 6.72. The Kier molecular flexibility index (Phi) is 5.05. The van der Waals surface area contributed by atoms with Crippen LogP contribution in [0.1, 0.15) is 38.9 Å². The lowest BCUT2D eigenvalue weighted by atomic mass is 10.1. The van der Waals surface area contributed by atoms with Crippen molar-refractivity contribution in [1.82, 2.24) is 10.3 Å². The summed E-state index contributed by atoms with van der Waals surface area (Å²) in [6.45, 7) is 3.21. The van der Waals surface area contributed by atoms with Crippen molar-refractivity contribution < 1.29 is 23.5 Å². The third kappa shape index (κ3) is 4.10. The average Bonchev–Trinajstić information content (AvgIpc) is 2.85. The molecule has 0 aliphatic heterocycles. The smallest absolute Gasteiger partial charge is 0.347 e. The van der Waals surface area contributed by atoms with E-state index in [1.807, 2.05) is 0 Å². The number of halogens is 2. The molecule has 2 N–H and O–H groups in total. The Morgan fingerprint density at radius 3 is 2.70 bits per heavy atom. The minimum Gasteiger partial charge on any atom is -0.477 e. The Balaban J connectivity index is 2.06. The number of aromatic nitrogens is 1. The van der Waals surface area contributed by atoms with E-state index in [0.717, 1.165) is 29.5 Å². The number of carboxylic acids is 1. The maximum absolute atomic E-state index is 13.5. The minimum absolute atomic E-state index is 0.0451. The Labute approximate surface area is 135 Å². The summed E-state index contributed by atoms with van der Waals surface area (Å²) in [7, 11) is 0. The first kappa shape index (κ1) is 17.0. The number of carbonyl (C=O) groups is 2. The average molecular weight is 340 g/mol. The lowest BCUT2D eigenvalue weighted by Gasteiger charge is -2.11. The molecular weight excluding hydrogens is 326 g/mol. The summed E-state index contributed by atoms with van der Waals surface area (Å²) < 4.78 is 26.6. The molecule has 2 aromatic rings. The molecule has 8 heteroatoms. The van der Waals surface area contributed by atoms with Gasteiger partial charge < -0.3 is 10.4 Å². The number of hydrogen-bond donors (Lipinski definition) is 2. The molecular formula is C15H14F2N2O3S. The van der Waals surface area contributed by atoms with E-state index in [9.17, 15) is 18.4 Å². The standard InChI is InChI=1S/C15H14F2N2O3S/c1-7-13(15(21)22)23-14(19-7)8(2)18-12(20)6-9-5-10(16)3-4-11(9)17/h3-5,8H,6H2,1-2H3,(H,18,20)(H,21,22). The molecule has 0 radical (unpaired) electrons. The Morgan fingerprint density at radius 2 is 2.09 bits per heavy atom. The Bertz CT molecular complexity index is 761. The summed E-state index contributed by atoms with van der Waals surface area (Å²) in [5.41, 5.74) is 0.325. The fourth-order valence-corrected chi connectivity index (χ4v) is 2.92. The summed E-state index contributed by atoms with van der Waals surface area (Å²) in [5.74, 6) is -2.87. The van der Waals surface area contributed by atoms with Crippen LogP contribution in [0.5, 0.6) is 0 Å². The molecule has 1 atom stereocenters. The fraction of sp³-hybridized carbons (Fsp3) is 0.267. The fourth-order valence-electron chi connectivity index (χ4n) is 2.01. The Hall–Kier alpha value is -2.35. The number of hydrogen-bond acceptors (Lipinski definition) is 4. The van der Waals surface area contributed by atoms with Crippen LogP contribution >= 0.6 is 11.3 Å². The van der Waals surface area contributed by atoms with Gasteiger partial charge in [0.15, 0.2) is 0 Å². The van der Waals surface area contributed by atoms with Crippen LogP contribution in [-0.2, 0) is 11.2 Å². The molecule has 1 unspecified atom stereocenters. The van der Waals surface area contributed by atoms with Crippen molar-refractivity contribution in [1.29, 1.82) is 0 Å². The number of amides is 1. The van der Waals surface area contributed by atoms with Gasteiger partial charge >= 0.3 is 5.97 Å². The van der Waals surface area contributed by atoms with Crippen LogP contribution in [0.3, 0.4) is 0 Å². The number of nitrogens with one attached hydrogen (secondary N) is 1. The molecule has 1 aromatic carbocycles. The molecule has 0 fully saturated rings. The van der Waals surface area contributed by atoms with Crippen LogP contribution in [0.25, 0.3) is 0 Å². The van der Waals surface area contributed by atoms with Gasteiger partial charge in [-0.3, -0.25) is 4.79 Å². The van der Waals surface area contributed by atoms with Crippen LogP contribution in [-0.4, -0.2) is 22.0 Å². The molecule has 0 spiro atoms. The van der Waals surface area contributed by atoms with Gasteiger partial charge in [-0.1, -0.05) is 0 Å². The van der Waals surface area contributed by atoms with E-state index in [-0.39, 0.29) is 16.9 Å². The summed E-state index contributed by atoms with van der Waals surface area (Å²) >= 11 is 0.970. The predicted octanol–water partition coefficient (Wildman–Crippen LogP) is 2.85. The van der Waals surface area contributed by atoms with E-state index in [2.05, 4.69) is 10.3 Å². The number of rotatable bonds is 5. The second-order valence-corrected chi connectivity index (χ2v) is 6.00. The van der Waals surface area contributed by atoms with Crippen molar-refractivity contribution in [3.63, 3.8) is 0 Å². The number of nitrogens with zero attached hydrogens (tertiary/aromatic N) is 1. The molecule has 2 rings (SSSR count). The van der Waals surface area contributed by atoms with E-state index in [0.29, 0.717) is 10.7 Å². The highest BCUT2D eigenvalue weighted by molar-refractivity contribution is 7.13. The number of aryl methyl sites for hydroxylation is 1. The summed E-state index contributed by atoms with van der Waals surface area (Å²) in [6, 6.07) is 2.38. The van der Waals surface area contributed by atoms with E-state index in [1.54, 1.807) is 13.8 Å². The topological polar surface area (TPSA) is 79.3 Å². The molecule has 122 valence electrons. The van der Waals surface area contributed by atoms with Gasteiger partial charge in [0, 0.05) is 5.56 Å². The highest BCUT2D eigenvalue weighted by atomic mass is 32.1. The third-order valence-corrected chi connectivity index (χ3v) is 4.44. The number of thiazole rings is 1. The van der Waals surface area contributed by atoms with Gasteiger partial charge in [0.25, 0.3) is 0 Å². The molecule has 0 saturated carbocycles. The summed E-state index contributed by atoms with van der Waals surface area (Å²) in [4.78, 5) is 27.2. The van der Waals surface area contributed by atoms with E-state index in [1.165, 1.54) is 0 Å². The molecule has 0 saturated heterocycles. The molecule has 1 aromatic heterocycles. The maximum atomic E-state index is 13.5. The highest BCUT2D eigenvalue weighted by Crippen LogP contribution is 2.23. The molecule has 0 aliphatic rings. The van der Waals surface area contributed by atoms with Crippen molar-refractivity contribution >= 4 is 23.2 Å². The van der Waals surface area contributed by atoms with Crippen LogP contribution in [0, 0.1) is 18.6 Å². The highest BCUT2D eigenvalue weighted by Gasteiger charge is 2.19. The molecule has 1 amide bonds. The first-order valence-corrected chi connectivity index (χ1v) is 7.53. The van der Waals surface area contributed by atoms with Crippen molar-refractivity contribution in [3.8, 4) is 0 Å². The van der Waals surface area contributed by atoms with E-state index < -0.39 is 29.6 Å². The largest absolute Gasteiger partial charge is 0.477 e. The van der Waals surface area contributed by atoms with Crippen molar-refractivity contribution in [2.75, 3.05) is 0 Å².